The lowest BCUT2D eigenvalue weighted by Gasteiger charge is -2.07. The molecule has 0 unspecified atom stereocenters. The fraction of sp³-hybridized carbons (Fsp3) is 0.429. The minimum Gasteiger partial charge on any atom is -0.383 e. The number of aromatic nitrogens is 2. The Balaban J connectivity index is 1.90. The van der Waals surface area contributed by atoms with Gasteiger partial charge in [-0.05, 0) is 31.5 Å². The van der Waals surface area contributed by atoms with E-state index in [1.807, 2.05) is 24.3 Å². The SMILES string of the molecule is NCCCCCCNc1nc(N)c2ccccc2n1. The molecule has 5 heteroatoms. The highest BCUT2D eigenvalue weighted by molar-refractivity contribution is 5.88. The predicted molar refractivity (Wildman–Crippen MR) is 80.0 cm³/mol. The zero-order valence-electron chi connectivity index (χ0n) is 11.1. The summed E-state index contributed by atoms with van der Waals surface area (Å²) in [5.74, 6) is 1.13. The van der Waals surface area contributed by atoms with Gasteiger partial charge in [-0.3, -0.25) is 0 Å². The summed E-state index contributed by atoms with van der Waals surface area (Å²) in [6.45, 7) is 1.64. The monoisotopic (exact) mass is 259 g/mol. The number of hydrogen-bond acceptors (Lipinski definition) is 5. The molecule has 1 heterocycles. The number of rotatable bonds is 7. The van der Waals surface area contributed by atoms with Gasteiger partial charge in [0, 0.05) is 11.9 Å². The van der Waals surface area contributed by atoms with Crippen molar-refractivity contribution >= 4 is 22.7 Å². The second-order valence-electron chi connectivity index (χ2n) is 4.58. The van der Waals surface area contributed by atoms with Crippen molar-refractivity contribution in [1.82, 2.24) is 9.97 Å². The quantitative estimate of drug-likeness (QED) is 0.663. The number of unbranched alkanes of at least 4 members (excludes halogenated alkanes) is 3. The Bertz CT molecular complexity index is 526. The molecule has 0 aliphatic carbocycles. The second-order valence-corrected chi connectivity index (χ2v) is 4.58. The fourth-order valence-corrected chi connectivity index (χ4v) is 2.00. The summed E-state index contributed by atoms with van der Waals surface area (Å²) in [5.41, 5.74) is 12.3. The lowest BCUT2D eigenvalue weighted by Crippen LogP contribution is -2.07. The molecule has 0 bridgehead atoms. The number of nitrogens with one attached hydrogen (secondary N) is 1. The molecule has 0 saturated carbocycles. The molecule has 2 rings (SSSR count). The zero-order chi connectivity index (χ0) is 13.5. The minimum absolute atomic E-state index is 0.524. The van der Waals surface area contributed by atoms with Crippen molar-refractivity contribution in [2.75, 3.05) is 24.1 Å². The van der Waals surface area contributed by atoms with Crippen molar-refractivity contribution in [3.8, 4) is 0 Å². The molecule has 0 radical (unpaired) electrons. The number of hydrogen-bond donors (Lipinski definition) is 3. The Kier molecular flexibility index (Phi) is 4.92. The van der Waals surface area contributed by atoms with Gasteiger partial charge in [-0.15, -0.1) is 0 Å². The zero-order valence-corrected chi connectivity index (χ0v) is 11.1. The summed E-state index contributed by atoms with van der Waals surface area (Å²) in [6, 6.07) is 7.76. The van der Waals surface area contributed by atoms with Gasteiger partial charge in [0.2, 0.25) is 5.95 Å². The molecule has 5 nitrogen and oxygen atoms in total. The average Bonchev–Trinajstić information content (AvgIpc) is 2.43. The fourth-order valence-electron chi connectivity index (χ4n) is 2.00. The third-order valence-electron chi connectivity index (χ3n) is 3.05. The van der Waals surface area contributed by atoms with Gasteiger partial charge in [-0.1, -0.05) is 25.0 Å². The Morgan fingerprint density at radius 3 is 2.63 bits per heavy atom. The number of fused-ring (bicyclic) bond motifs is 1. The van der Waals surface area contributed by atoms with E-state index in [1.165, 1.54) is 12.8 Å². The molecule has 0 atom stereocenters. The lowest BCUT2D eigenvalue weighted by molar-refractivity contribution is 0.660. The molecule has 5 N–H and O–H groups in total. The van der Waals surface area contributed by atoms with Crippen molar-refractivity contribution < 1.29 is 0 Å². The van der Waals surface area contributed by atoms with Gasteiger partial charge < -0.3 is 16.8 Å². The van der Waals surface area contributed by atoms with E-state index in [1.54, 1.807) is 0 Å². The number of nitrogen functional groups attached to an aromatic ring is 1. The highest BCUT2D eigenvalue weighted by Crippen LogP contribution is 2.18. The summed E-state index contributed by atoms with van der Waals surface area (Å²) >= 11 is 0. The van der Waals surface area contributed by atoms with E-state index in [0.29, 0.717) is 11.8 Å². The number of anilines is 2. The van der Waals surface area contributed by atoms with E-state index in [4.69, 9.17) is 11.5 Å². The largest absolute Gasteiger partial charge is 0.383 e. The first-order chi connectivity index (χ1) is 9.31. The van der Waals surface area contributed by atoms with E-state index in [9.17, 15) is 0 Å². The van der Waals surface area contributed by atoms with Crippen LogP contribution < -0.4 is 16.8 Å². The molecule has 0 saturated heterocycles. The molecule has 1 aromatic carbocycles. The van der Waals surface area contributed by atoms with Crippen LogP contribution in [0.1, 0.15) is 25.7 Å². The van der Waals surface area contributed by atoms with Gasteiger partial charge in [0.25, 0.3) is 0 Å². The Morgan fingerprint density at radius 1 is 1.00 bits per heavy atom. The molecule has 2 aromatic rings. The number of nitrogens with two attached hydrogens (primary N) is 2. The minimum atomic E-state index is 0.524. The first kappa shape index (κ1) is 13.5. The van der Waals surface area contributed by atoms with Crippen molar-refractivity contribution in [2.24, 2.45) is 5.73 Å². The van der Waals surface area contributed by atoms with Crippen LogP contribution in [-0.2, 0) is 0 Å². The molecule has 0 aliphatic heterocycles. The van der Waals surface area contributed by atoms with Crippen LogP contribution in [0.2, 0.25) is 0 Å². The topological polar surface area (TPSA) is 89.8 Å². The number of para-hydroxylation sites is 1. The van der Waals surface area contributed by atoms with Gasteiger partial charge in [-0.25, -0.2) is 4.98 Å². The van der Waals surface area contributed by atoms with Crippen LogP contribution in [0.4, 0.5) is 11.8 Å². The normalized spacial score (nSPS) is 10.8. The number of benzene rings is 1. The number of nitrogens with zero attached hydrogens (tertiary/aromatic N) is 2. The first-order valence-corrected chi connectivity index (χ1v) is 6.77. The van der Waals surface area contributed by atoms with Gasteiger partial charge in [0.1, 0.15) is 5.82 Å². The van der Waals surface area contributed by atoms with Gasteiger partial charge in [0.15, 0.2) is 0 Å². The smallest absolute Gasteiger partial charge is 0.225 e. The van der Waals surface area contributed by atoms with Gasteiger partial charge in [-0.2, -0.15) is 4.98 Å². The molecule has 1 aromatic heterocycles. The maximum atomic E-state index is 5.92. The van der Waals surface area contributed by atoms with E-state index in [-0.39, 0.29) is 0 Å². The van der Waals surface area contributed by atoms with Crippen molar-refractivity contribution in [1.29, 1.82) is 0 Å². The van der Waals surface area contributed by atoms with Crippen LogP contribution in [0, 0.1) is 0 Å². The lowest BCUT2D eigenvalue weighted by atomic mass is 10.2. The summed E-state index contributed by atoms with van der Waals surface area (Å²) in [6.07, 6.45) is 4.54. The molecule has 0 amide bonds. The van der Waals surface area contributed by atoms with Gasteiger partial charge >= 0.3 is 0 Å². The molecule has 19 heavy (non-hydrogen) atoms. The van der Waals surface area contributed by atoms with Gasteiger partial charge in [0.05, 0.1) is 5.52 Å². The van der Waals surface area contributed by atoms with E-state index in [0.717, 1.165) is 36.8 Å². The van der Waals surface area contributed by atoms with Crippen LogP contribution >= 0.6 is 0 Å². The molecule has 0 aliphatic rings. The summed E-state index contributed by atoms with van der Waals surface area (Å²) in [7, 11) is 0. The van der Waals surface area contributed by atoms with Crippen molar-refractivity contribution in [3.63, 3.8) is 0 Å². The Hall–Kier alpha value is -1.88. The first-order valence-electron chi connectivity index (χ1n) is 6.77. The molecule has 0 fully saturated rings. The maximum Gasteiger partial charge on any atom is 0.225 e. The molecular weight excluding hydrogens is 238 g/mol. The van der Waals surface area contributed by atoms with Crippen LogP contribution in [0.3, 0.4) is 0 Å². The average molecular weight is 259 g/mol. The third kappa shape index (κ3) is 3.79. The maximum absolute atomic E-state index is 5.92. The van der Waals surface area contributed by atoms with Crippen molar-refractivity contribution in [3.05, 3.63) is 24.3 Å². The Morgan fingerprint density at radius 2 is 1.79 bits per heavy atom. The van der Waals surface area contributed by atoms with Crippen LogP contribution in [-0.4, -0.2) is 23.1 Å². The van der Waals surface area contributed by atoms with Crippen LogP contribution in [0.15, 0.2) is 24.3 Å². The third-order valence-corrected chi connectivity index (χ3v) is 3.05. The summed E-state index contributed by atoms with van der Waals surface area (Å²) in [4.78, 5) is 8.72. The van der Waals surface area contributed by atoms with E-state index < -0.39 is 0 Å². The second kappa shape index (κ2) is 6.89. The highest BCUT2D eigenvalue weighted by atomic mass is 15.1. The van der Waals surface area contributed by atoms with Crippen LogP contribution in [0.5, 0.6) is 0 Å². The van der Waals surface area contributed by atoms with E-state index >= 15 is 0 Å². The van der Waals surface area contributed by atoms with Crippen LogP contribution in [0.25, 0.3) is 10.9 Å². The summed E-state index contributed by atoms with van der Waals surface area (Å²) in [5, 5.41) is 4.12. The van der Waals surface area contributed by atoms with E-state index in [2.05, 4.69) is 15.3 Å². The predicted octanol–water partition coefficient (Wildman–Crippen LogP) is 2.14. The standard InChI is InChI=1S/C14H21N5/c15-9-5-1-2-6-10-17-14-18-12-8-4-3-7-11(12)13(16)19-14/h3-4,7-8H,1-2,5-6,9-10,15H2,(H3,16,17,18,19). The molecule has 102 valence electrons. The summed E-state index contributed by atoms with van der Waals surface area (Å²) < 4.78 is 0. The molecular formula is C14H21N5. The molecule has 0 spiro atoms. The van der Waals surface area contributed by atoms with Crippen molar-refractivity contribution in [2.45, 2.75) is 25.7 Å². The highest BCUT2D eigenvalue weighted by Gasteiger charge is 2.03. The Labute approximate surface area is 113 Å².